The summed E-state index contributed by atoms with van der Waals surface area (Å²) in [6, 6.07) is -0.796. The Bertz CT molecular complexity index is 660. The van der Waals surface area contributed by atoms with Crippen LogP contribution in [0.3, 0.4) is 0 Å². The molecule has 42 heavy (non-hydrogen) atoms. The summed E-state index contributed by atoms with van der Waals surface area (Å²) in [6.07, 6.45) is 38.7. The van der Waals surface area contributed by atoms with Crippen molar-refractivity contribution in [2.24, 2.45) is 0 Å². The number of hydrogen-bond donors (Lipinski definition) is 4. The highest BCUT2D eigenvalue weighted by Crippen LogP contribution is 2.13. The molecule has 0 aromatic heterocycles. The second kappa shape index (κ2) is 32.5. The Morgan fingerprint density at radius 3 is 1.50 bits per heavy atom. The smallest absolute Gasteiger partial charge is 0.249 e. The van der Waals surface area contributed by atoms with E-state index in [4.69, 9.17) is 0 Å². The molecule has 0 aliphatic carbocycles. The van der Waals surface area contributed by atoms with Crippen LogP contribution in [-0.4, -0.2) is 46.1 Å². The van der Waals surface area contributed by atoms with Crippen LogP contribution in [0.2, 0.25) is 0 Å². The number of allylic oxidation sites excluding steroid dienone is 5. The summed E-state index contributed by atoms with van der Waals surface area (Å²) in [4.78, 5) is 12.4. The molecule has 0 radical (unpaired) electrons. The van der Waals surface area contributed by atoms with E-state index in [0.717, 1.165) is 32.1 Å². The van der Waals surface area contributed by atoms with Gasteiger partial charge in [0, 0.05) is 0 Å². The van der Waals surface area contributed by atoms with Gasteiger partial charge in [-0.1, -0.05) is 159 Å². The Morgan fingerprint density at radius 1 is 0.595 bits per heavy atom. The summed E-state index contributed by atoms with van der Waals surface area (Å²) in [5.74, 6) is -0.512. The highest BCUT2D eigenvalue weighted by molar-refractivity contribution is 5.80. The van der Waals surface area contributed by atoms with E-state index in [0.29, 0.717) is 6.42 Å². The maximum atomic E-state index is 12.4. The molecule has 0 saturated heterocycles. The fraction of sp³-hybridized carbons (Fsp3) is 0.811. The van der Waals surface area contributed by atoms with Crippen LogP contribution in [0.5, 0.6) is 0 Å². The van der Waals surface area contributed by atoms with Crippen LogP contribution in [0.1, 0.15) is 168 Å². The van der Waals surface area contributed by atoms with Crippen LogP contribution in [0.15, 0.2) is 36.5 Å². The molecule has 3 unspecified atom stereocenters. The van der Waals surface area contributed by atoms with Gasteiger partial charge in [0.2, 0.25) is 5.91 Å². The van der Waals surface area contributed by atoms with Crippen molar-refractivity contribution < 1.29 is 20.1 Å². The van der Waals surface area contributed by atoms with Crippen molar-refractivity contribution in [1.82, 2.24) is 5.32 Å². The number of nitrogens with one attached hydrogen (secondary N) is 1. The first-order chi connectivity index (χ1) is 20.6. The highest BCUT2D eigenvalue weighted by Gasteiger charge is 2.22. The summed E-state index contributed by atoms with van der Waals surface area (Å²) in [7, 11) is 0. The van der Waals surface area contributed by atoms with Crippen molar-refractivity contribution in [2.45, 2.75) is 186 Å². The Kier molecular flexibility index (Phi) is 31.4. The van der Waals surface area contributed by atoms with E-state index >= 15 is 0 Å². The second-order valence-corrected chi connectivity index (χ2v) is 12.1. The molecule has 0 heterocycles. The molecule has 0 aliphatic heterocycles. The minimum Gasteiger partial charge on any atom is -0.394 e. The largest absolute Gasteiger partial charge is 0.394 e. The number of carbonyl (C=O) groups excluding carboxylic acids is 1. The molecule has 1 amide bonds. The fourth-order valence-corrected chi connectivity index (χ4v) is 5.11. The third-order valence-corrected chi connectivity index (χ3v) is 8.00. The Hall–Kier alpha value is -1.43. The lowest BCUT2D eigenvalue weighted by molar-refractivity contribution is -0.131. The van der Waals surface area contributed by atoms with Gasteiger partial charge in [0.05, 0.1) is 18.8 Å². The molecule has 0 rings (SSSR count). The van der Waals surface area contributed by atoms with E-state index in [1.807, 2.05) is 6.08 Å². The number of rotatable bonds is 31. The molecule has 4 N–H and O–H groups in total. The van der Waals surface area contributed by atoms with E-state index in [-0.39, 0.29) is 6.61 Å². The number of unbranched alkanes of at least 4 members (excludes halogenated alkanes) is 20. The Morgan fingerprint density at radius 2 is 1.00 bits per heavy atom. The molecule has 0 saturated carbocycles. The lowest BCUT2D eigenvalue weighted by atomic mass is 10.0. The lowest BCUT2D eigenvalue weighted by Crippen LogP contribution is -2.48. The van der Waals surface area contributed by atoms with E-state index in [1.165, 1.54) is 116 Å². The quantitative estimate of drug-likeness (QED) is 0.0367. The molecule has 0 bridgehead atoms. The van der Waals surface area contributed by atoms with E-state index in [1.54, 1.807) is 6.08 Å². The van der Waals surface area contributed by atoms with Crippen LogP contribution in [0, 0.1) is 0 Å². The molecule has 0 aromatic rings. The van der Waals surface area contributed by atoms with Gasteiger partial charge in [0.15, 0.2) is 0 Å². The van der Waals surface area contributed by atoms with E-state index in [9.17, 15) is 20.1 Å². The number of hydrogen-bond acceptors (Lipinski definition) is 4. The molecule has 0 aromatic carbocycles. The lowest BCUT2D eigenvalue weighted by Gasteiger charge is -2.21. The summed E-state index contributed by atoms with van der Waals surface area (Å²) < 4.78 is 0. The average molecular weight is 592 g/mol. The molecule has 3 atom stereocenters. The average Bonchev–Trinajstić information content (AvgIpc) is 2.99. The summed E-state index contributed by atoms with van der Waals surface area (Å²) >= 11 is 0. The van der Waals surface area contributed by atoms with Crippen LogP contribution in [0.25, 0.3) is 0 Å². The summed E-state index contributed by atoms with van der Waals surface area (Å²) in [5.41, 5.74) is 0. The number of amides is 1. The third kappa shape index (κ3) is 27.4. The molecule has 5 heteroatoms. The topological polar surface area (TPSA) is 89.8 Å². The van der Waals surface area contributed by atoms with Gasteiger partial charge in [0.25, 0.3) is 0 Å². The standard InChI is InChI=1S/C37H69NO4/c1-3-5-7-9-11-13-15-16-17-18-19-20-21-22-24-26-28-30-32-36(41)37(42)38-34(33-39)35(40)31-29-27-25-23-14-12-10-8-6-4-2/h11,13,15-16,29,31,34-36,39-41H,3-10,12,14,17-28,30,32-33H2,1-2H3,(H,38,42)/b13-11-,16-15-,31-29+. The fourth-order valence-electron chi connectivity index (χ4n) is 5.11. The van der Waals surface area contributed by atoms with Crippen LogP contribution < -0.4 is 5.32 Å². The van der Waals surface area contributed by atoms with Gasteiger partial charge < -0.3 is 20.6 Å². The zero-order chi connectivity index (χ0) is 30.9. The van der Waals surface area contributed by atoms with Gasteiger partial charge in [-0.2, -0.15) is 0 Å². The van der Waals surface area contributed by atoms with Crippen LogP contribution in [0.4, 0.5) is 0 Å². The van der Waals surface area contributed by atoms with Crippen molar-refractivity contribution in [3.05, 3.63) is 36.5 Å². The molecule has 5 nitrogen and oxygen atoms in total. The number of aliphatic hydroxyl groups excluding tert-OH is 3. The zero-order valence-corrected chi connectivity index (χ0v) is 27.6. The number of carbonyl (C=O) groups is 1. The first-order valence-electron chi connectivity index (χ1n) is 17.8. The van der Waals surface area contributed by atoms with Gasteiger partial charge in [-0.05, 0) is 44.9 Å². The summed E-state index contributed by atoms with van der Waals surface area (Å²) in [6.45, 7) is 4.11. The van der Waals surface area contributed by atoms with Gasteiger partial charge >= 0.3 is 0 Å². The van der Waals surface area contributed by atoms with Crippen LogP contribution in [-0.2, 0) is 4.79 Å². The Labute approximate surface area is 260 Å². The van der Waals surface area contributed by atoms with Crippen molar-refractivity contribution in [2.75, 3.05) is 6.61 Å². The molecular weight excluding hydrogens is 522 g/mol. The first kappa shape index (κ1) is 40.6. The predicted molar refractivity (Wildman–Crippen MR) is 181 cm³/mol. The van der Waals surface area contributed by atoms with Crippen molar-refractivity contribution in [3.8, 4) is 0 Å². The minimum atomic E-state index is -1.10. The maximum absolute atomic E-state index is 12.4. The van der Waals surface area contributed by atoms with Crippen LogP contribution >= 0.6 is 0 Å². The first-order valence-corrected chi connectivity index (χ1v) is 17.8. The molecular formula is C37H69NO4. The van der Waals surface area contributed by atoms with E-state index in [2.05, 4.69) is 43.5 Å². The number of aliphatic hydroxyl groups is 3. The normalized spacial score (nSPS) is 14.3. The predicted octanol–water partition coefficient (Wildman–Crippen LogP) is 9.26. The van der Waals surface area contributed by atoms with Crippen molar-refractivity contribution in [3.63, 3.8) is 0 Å². The second-order valence-electron chi connectivity index (χ2n) is 12.1. The Balaban J connectivity index is 3.75. The SMILES string of the molecule is CCCCC/C=C\C=C/CCCCCCCCCCCC(O)C(=O)NC(CO)C(O)/C=C/CCCCCCCCCC. The third-order valence-electron chi connectivity index (χ3n) is 8.00. The van der Waals surface area contributed by atoms with Gasteiger partial charge in [-0.15, -0.1) is 0 Å². The minimum absolute atomic E-state index is 0.366. The van der Waals surface area contributed by atoms with Gasteiger partial charge in [0.1, 0.15) is 6.10 Å². The van der Waals surface area contributed by atoms with Crippen molar-refractivity contribution >= 4 is 5.91 Å². The highest BCUT2D eigenvalue weighted by atomic mass is 16.3. The molecule has 0 aliphatic rings. The molecule has 246 valence electrons. The maximum Gasteiger partial charge on any atom is 0.249 e. The monoisotopic (exact) mass is 592 g/mol. The molecule has 0 spiro atoms. The van der Waals surface area contributed by atoms with Gasteiger partial charge in [-0.25, -0.2) is 0 Å². The molecule has 0 fully saturated rings. The zero-order valence-electron chi connectivity index (χ0n) is 27.6. The van der Waals surface area contributed by atoms with E-state index < -0.39 is 24.2 Å². The van der Waals surface area contributed by atoms with Crippen molar-refractivity contribution in [1.29, 1.82) is 0 Å². The summed E-state index contributed by atoms with van der Waals surface area (Å²) in [5, 5.41) is 32.8. The van der Waals surface area contributed by atoms with Gasteiger partial charge in [-0.3, -0.25) is 4.79 Å².